The number of halogens is 1. The molecule has 0 saturated heterocycles. The molecule has 0 radical (unpaired) electrons. The number of carbonyl (C=O) groups is 2. The van der Waals surface area contributed by atoms with E-state index in [4.69, 9.17) is 4.52 Å². The van der Waals surface area contributed by atoms with Crippen LogP contribution in [0.3, 0.4) is 0 Å². The van der Waals surface area contributed by atoms with E-state index in [0.717, 1.165) is 4.47 Å². The summed E-state index contributed by atoms with van der Waals surface area (Å²) < 4.78 is 5.56. The smallest absolute Gasteiger partial charge is 0.294 e. The Morgan fingerprint density at radius 1 is 1.04 bits per heavy atom. The van der Waals surface area contributed by atoms with Crippen LogP contribution in [0.4, 0.5) is 5.69 Å². The fourth-order valence-electron chi connectivity index (χ4n) is 2.08. The molecular weight excluding hydrogens is 360 g/mol. The highest BCUT2D eigenvalue weighted by Crippen LogP contribution is 2.24. The third-order valence-electron chi connectivity index (χ3n) is 3.17. The number of benzene rings is 2. The van der Waals surface area contributed by atoms with Crippen LogP contribution in [-0.2, 0) is 0 Å². The Kier molecular flexibility index (Phi) is 4.34. The number of amides is 1. The van der Waals surface area contributed by atoms with E-state index in [1.54, 1.807) is 42.5 Å². The van der Waals surface area contributed by atoms with Crippen LogP contribution in [0.1, 0.15) is 26.5 Å². The number of nitrogens with one attached hydrogen (secondary N) is 1. The Balaban J connectivity index is 1.95. The van der Waals surface area contributed by atoms with Crippen LogP contribution in [0.5, 0.6) is 0 Å². The first-order valence-corrected chi connectivity index (χ1v) is 7.56. The van der Waals surface area contributed by atoms with Gasteiger partial charge in [-0.3, -0.25) is 9.59 Å². The van der Waals surface area contributed by atoms with Crippen molar-refractivity contribution in [2.24, 2.45) is 0 Å². The third-order valence-corrected chi connectivity index (χ3v) is 3.67. The SMILES string of the molecule is O=C(Nc1ccc(Br)cc1C(=O)c1ccccc1)c1ccno1. The summed E-state index contributed by atoms with van der Waals surface area (Å²) in [4.78, 5) is 24.8. The van der Waals surface area contributed by atoms with Gasteiger partial charge in [0.1, 0.15) is 0 Å². The van der Waals surface area contributed by atoms with Crippen LogP contribution in [0, 0.1) is 0 Å². The molecule has 114 valence electrons. The molecule has 0 fully saturated rings. The summed E-state index contributed by atoms with van der Waals surface area (Å²) in [5, 5.41) is 6.17. The minimum Gasteiger partial charge on any atom is -0.351 e. The minimum atomic E-state index is -0.466. The monoisotopic (exact) mass is 370 g/mol. The lowest BCUT2D eigenvalue weighted by atomic mass is 10.0. The molecule has 0 spiro atoms. The number of nitrogens with zero attached hydrogens (tertiary/aromatic N) is 1. The molecular formula is C17H11BrN2O3. The number of hydrogen-bond acceptors (Lipinski definition) is 4. The van der Waals surface area contributed by atoms with Gasteiger partial charge < -0.3 is 9.84 Å². The summed E-state index contributed by atoms with van der Waals surface area (Å²) in [6, 6.07) is 15.4. The van der Waals surface area contributed by atoms with Crippen molar-refractivity contribution in [2.45, 2.75) is 0 Å². The summed E-state index contributed by atoms with van der Waals surface area (Å²) in [6.07, 6.45) is 1.38. The van der Waals surface area contributed by atoms with E-state index in [1.807, 2.05) is 6.07 Å². The number of carbonyl (C=O) groups excluding carboxylic acids is 2. The fraction of sp³-hybridized carbons (Fsp3) is 0. The standard InChI is InChI=1S/C17H11BrN2O3/c18-12-6-7-14(20-17(22)15-8-9-19-23-15)13(10-12)16(21)11-4-2-1-3-5-11/h1-10H,(H,20,22). The summed E-state index contributed by atoms with van der Waals surface area (Å²) in [6.45, 7) is 0. The highest BCUT2D eigenvalue weighted by molar-refractivity contribution is 9.10. The third kappa shape index (κ3) is 3.37. The van der Waals surface area contributed by atoms with Crippen molar-refractivity contribution in [1.82, 2.24) is 5.16 Å². The molecule has 0 atom stereocenters. The van der Waals surface area contributed by atoms with Crippen LogP contribution >= 0.6 is 15.9 Å². The van der Waals surface area contributed by atoms with Crippen molar-refractivity contribution < 1.29 is 14.1 Å². The average Bonchev–Trinajstić information content (AvgIpc) is 3.11. The van der Waals surface area contributed by atoms with Crippen LogP contribution < -0.4 is 5.32 Å². The van der Waals surface area contributed by atoms with Crippen LogP contribution in [0.2, 0.25) is 0 Å². The van der Waals surface area contributed by atoms with Crippen molar-refractivity contribution in [2.75, 3.05) is 5.32 Å². The van der Waals surface area contributed by atoms with E-state index in [2.05, 4.69) is 26.4 Å². The summed E-state index contributed by atoms with van der Waals surface area (Å²) in [5.74, 6) is -0.572. The Morgan fingerprint density at radius 3 is 2.52 bits per heavy atom. The molecule has 5 nitrogen and oxygen atoms in total. The van der Waals surface area contributed by atoms with Crippen molar-refractivity contribution in [3.05, 3.63) is 82.2 Å². The van der Waals surface area contributed by atoms with Gasteiger partial charge in [0.25, 0.3) is 5.91 Å². The second-order valence-corrected chi connectivity index (χ2v) is 5.63. The molecule has 1 N–H and O–H groups in total. The number of anilines is 1. The maximum absolute atomic E-state index is 12.7. The normalized spacial score (nSPS) is 10.3. The molecule has 1 amide bonds. The first-order valence-electron chi connectivity index (χ1n) is 6.76. The maximum atomic E-state index is 12.7. The molecule has 0 aliphatic carbocycles. The lowest BCUT2D eigenvalue weighted by molar-refractivity contribution is 0.0988. The Hall–Kier alpha value is -2.73. The van der Waals surface area contributed by atoms with E-state index in [1.165, 1.54) is 12.3 Å². The van der Waals surface area contributed by atoms with Gasteiger partial charge in [0.05, 0.1) is 11.9 Å². The van der Waals surface area contributed by atoms with Gasteiger partial charge in [0, 0.05) is 21.7 Å². The average molecular weight is 371 g/mol. The van der Waals surface area contributed by atoms with Gasteiger partial charge in [-0.15, -0.1) is 0 Å². The van der Waals surface area contributed by atoms with E-state index >= 15 is 0 Å². The summed E-state index contributed by atoms with van der Waals surface area (Å²) in [7, 11) is 0. The van der Waals surface area contributed by atoms with E-state index < -0.39 is 5.91 Å². The molecule has 1 heterocycles. The predicted octanol–water partition coefficient (Wildman–Crippen LogP) is 3.92. The lowest BCUT2D eigenvalue weighted by Gasteiger charge is -2.10. The quantitative estimate of drug-likeness (QED) is 0.706. The van der Waals surface area contributed by atoms with Crippen molar-refractivity contribution in [1.29, 1.82) is 0 Å². The minimum absolute atomic E-state index is 0.0750. The van der Waals surface area contributed by atoms with Gasteiger partial charge in [0.2, 0.25) is 5.76 Å². The molecule has 0 unspecified atom stereocenters. The molecule has 0 bridgehead atoms. The number of aromatic nitrogens is 1. The van der Waals surface area contributed by atoms with E-state index in [9.17, 15) is 9.59 Å². The first-order chi connectivity index (χ1) is 11.1. The zero-order chi connectivity index (χ0) is 16.2. The second kappa shape index (κ2) is 6.58. The zero-order valence-electron chi connectivity index (χ0n) is 11.8. The first kappa shape index (κ1) is 15.2. The van der Waals surface area contributed by atoms with Gasteiger partial charge in [-0.1, -0.05) is 51.4 Å². The summed E-state index contributed by atoms with van der Waals surface area (Å²) in [5.41, 5.74) is 1.34. The van der Waals surface area contributed by atoms with Crippen molar-refractivity contribution in [3.8, 4) is 0 Å². The molecule has 2 aromatic carbocycles. The number of rotatable bonds is 4. The van der Waals surface area contributed by atoms with E-state index in [-0.39, 0.29) is 11.5 Å². The predicted molar refractivity (Wildman–Crippen MR) is 88.5 cm³/mol. The van der Waals surface area contributed by atoms with Gasteiger partial charge >= 0.3 is 0 Å². The van der Waals surface area contributed by atoms with Gasteiger partial charge in [-0.25, -0.2) is 0 Å². The number of ketones is 1. The molecule has 0 aliphatic rings. The van der Waals surface area contributed by atoms with Crippen LogP contribution in [0.15, 0.2) is 69.8 Å². The zero-order valence-corrected chi connectivity index (χ0v) is 13.4. The van der Waals surface area contributed by atoms with Crippen molar-refractivity contribution in [3.63, 3.8) is 0 Å². The lowest BCUT2D eigenvalue weighted by Crippen LogP contribution is -2.14. The van der Waals surface area contributed by atoms with E-state index in [0.29, 0.717) is 16.8 Å². The van der Waals surface area contributed by atoms with Crippen LogP contribution in [0.25, 0.3) is 0 Å². The molecule has 0 aliphatic heterocycles. The Morgan fingerprint density at radius 2 is 1.83 bits per heavy atom. The molecule has 23 heavy (non-hydrogen) atoms. The van der Waals surface area contributed by atoms with Gasteiger partial charge in [-0.05, 0) is 18.2 Å². The van der Waals surface area contributed by atoms with Crippen LogP contribution in [-0.4, -0.2) is 16.8 Å². The molecule has 3 aromatic rings. The highest BCUT2D eigenvalue weighted by Gasteiger charge is 2.17. The fourth-order valence-corrected chi connectivity index (χ4v) is 2.44. The maximum Gasteiger partial charge on any atom is 0.294 e. The Labute approximate surface area is 140 Å². The van der Waals surface area contributed by atoms with Gasteiger partial charge in [0.15, 0.2) is 5.78 Å². The van der Waals surface area contributed by atoms with Crippen molar-refractivity contribution >= 4 is 33.3 Å². The highest BCUT2D eigenvalue weighted by atomic mass is 79.9. The molecule has 0 saturated carbocycles. The molecule has 3 rings (SSSR count). The number of hydrogen-bond donors (Lipinski definition) is 1. The Bertz CT molecular complexity index is 846. The van der Waals surface area contributed by atoms with Gasteiger partial charge in [-0.2, -0.15) is 0 Å². The second-order valence-electron chi connectivity index (χ2n) is 4.72. The summed E-state index contributed by atoms with van der Waals surface area (Å²) >= 11 is 3.35. The molecule has 1 aromatic heterocycles. The largest absolute Gasteiger partial charge is 0.351 e. The topological polar surface area (TPSA) is 72.2 Å². The molecule has 6 heteroatoms.